The van der Waals surface area contributed by atoms with Crippen LogP contribution in [-0.4, -0.2) is 32.8 Å². The van der Waals surface area contributed by atoms with Gasteiger partial charge in [0.05, 0.1) is 31.2 Å². The molecule has 0 unspecified atom stereocenters. The summed E-state index contributed by atoms with van der Waals surface area (Å²) >= 11 is 1.04. The molecule has 0 bridgehead atoms. The lowest BCUT2D eigenvalue weighted by molar-refractivity contribution is -0.137. The molecule has 8 nitrogen and oxygen atoms in total. The molecular weight excluding hydrogens is 543 g/mol. The molecule has 0 aliphatic carbocycles. The molecule has 0 saturated heterocycles. The summed E-state index contributed by atoms with van der Waals surface area (Å²) in [5.41, 5.74) is 1.51. The van der Waals surface area contributed by atoms with Crippen molar-refractivity contribution in [2.24, 2.45) is 0 Å². The Balaban J connectivity index is 1.63. The third kappa shape index (κ3) is 6.00. The first kappa shape index (κ1) is 27.2. The second-order valence-electron chi connectivity index (χ2n) is 8.02. The molecular formula is C25H22F3N3O5S2. The van der Waals surface area contributed by atoms with Crippen LogP contribution < -0.4 is 18.5 Å². The molecule has 0 N–H and O–H groups in total. The third-order valence-corrected chi connectivity index (χ3v) is 7.97. The molecule has 200 valence electrons. The maximum atomic E-state index is 13.7. The Morgan fingerprint density at radius 2 is 1.63 bits per heavy atom. The number of hydrogen-bond acceptors (Lipinski definition) is 8. The Kier molecular flexibility index (Phi) is 7.78. The Morgan fingerprint density at radius 3 is 2.24 bits per heavy atom. The predicted octanol–water partition coefficient (Wildman–Crippen LogP) is 6.07. The van der Waals surface area contributed by atoms with E-state index < -0.39 is 21.8 Å². The second kappa shape index (κ2) is 10.9. The highest BCUT2D eigenvalue weighted by Crippen LogP contribution is 2.35. The molecule has 1 aromatic heterocycles. The first-order valence-corrected chi connectivity index (χ1v) is 13.3. The van der Waals surface area contributed by atoms with E-state index in [1.165, 1.54) is 57.0 Å². The normalized spacial score (nSPS) is 11.7. The van der Waals surface area contributed by atoms with Crippen LogP contribution in [-0.2, 0) is 22.7 Å². The Bertz CT molecular complexity index is 1510. The summed E-state index contributed by atoms with van der Waals surface area (Å²) in [6.07, 6.45) is -4.53. The molecule has 0 spiro atoms. The van der Waals surface area contributed by atoms with Crippen LogP contribution in [0.5, 0.6) is 23.0 Å². The molecule has 0 fully saturated rings. The van der Waals surface area contributed by atoms with Crippen molar-refractivity contribution in [3.63, 3.8) is 0 Å². The van der Waals surface area contributed by atoms with Crippen molar-refractivity contribution in [2.45, 2.75) is 24.5 Å². The fraction of sp³-hybridized carbons (Fsp3) is 0.200. The van der Waals surface area contributed by atoms with Gasteiger partial charge in [0.2, 0.25) is 5.13 Å². The summed E-state index contributed by atoms with van der Waals surface area (Å²) in [6.45, 7) is 1.42. The number of aromatic nitrogens is 2. The number of aryl methyl sites for hydroxylation is 1. The van der Waals surface area contributed by atoms with E-state index in [0.29, 0.717) is 22.6 Å². The minimum Gasteiger partial charge on any atom is -0.497 e. The molecule has 0 amide bonds. The Morgan fingerprint density at radius 1 is 0.921 bits per heavy atom. The number of halogens is 3. The lowest BCUT2D eigenvalue weighted by Gasteiger charge is -2.22. The van der Waals surface area contributed by atoms with Gasteiger partial charge < -0.3 is 14.2 Å². The number of anilines is 1. The van der Waals surface area contributed by atoms with Crippen molar-refractivity contribution in [3.8, 4) is 23.0 Å². The van der Waals surface area contributed by atoms with E-state index in [1.807, 2.05) is 0 Å². The number of hydrogen-bond donors (Lipinski definition) is 0. The van der Waals surface area contributed by atoms with E-state index in [2.05, 4.69) is 10.2 Å². The second-order valence-corrected chi connectivity index (χ2v) is 10.7. The minimum absolute atomic E-state index is 0.0185. The monoisotopic (exact) mass is 565 g/mol. The van der Waals surface area contributed by atoms with Gasteiger partial charge in [-0.1, -0.05) is 11.3 Å². The number of nitrogens with zero attached hydrogens (tertiary/aromatic N) is 3. The maximum Gasteiger partial charge on any atom is 0.416 e. The van der Waals surface area contributed by atoms with Gasteiger partial charge in [0.25, 0.3) is 10.0 Å². The van der Waals surface area contributed by atoms with Gasteiger partial charge in [-0.25, -0.2) is 12.7 Å². The van der Waals surface area contributed by atoms with Crippen molar-refractivity contribution in [1.82, 2.24) is 10.2 Å². The first-order valence-electron chi connectivity index (χ1n) is 11.0. The van der Waals surface area contributed by atoms with E-state index >= 15 is 0 Å². The lowest BCUT2D eigenvalue weighted by Crippen LogP contribution is -2.30. The third-order valence-electron chi connectivity index (χ3n) is 5.40. The van der Waals surface area contributed by atoms with Gasteiger partial charge in [-0.15, -0.1) is 10.2 Å². The number of alkyl halides is 3. The van der Waals surface area contributed by atoms with Crippen LogP contribution in [0.2, 0.25) is 0 Å². The predicted molar refractivity (Wildman–Crippen MR) is 136 cm³/mol. The van der Waals surface area contributed by atoms with Crippen LogP contribution in [0.1, 0.15) is 16.7 Å². The van der Waals surface area contributed by atoms with Gasteiger partial charge in [-0.2, -0.15) is 13.2 Å². The van der Waals surface area contributed by atoms with Crippen LogP contribution in [0.25, 0.3) is 0 Å². The fourth-order valence-corrected chi connectivity index (χ4v) is 5.76. The number of ether oxygens (including phenoxy) is 3. The van der Waals surface area contributed by atoms with Crippen LogP contribution in [0.3, 0.4) is 0 Å². The molecule has 0 aliphatic heterocycles. The molecule has 1 heterocycles. The van der Waals surface area contributed by atoms with Crippen LogP contribution in [0, 0.1) is 6.92 Å². The molecule has 4 aromatic rings. The highest BCUT2D eigenvalue weighted by atomic mass is 32.2. The van der Waals surface area contributed by atoms with E-state index in [9.17, 15) is 21.6 Å². The number of rotatable bonds is 9. The molecule has 38 heavy (non-hydrogen) atoms. The zero-order valence-electron chi connectivity index (χ0n) is 20.4. The summed E-state index contributed by atoms with van der Waals surface area (Å²) < 4.78 is 84.1. The lowest BCUT2D eigenvalue weighted by atomic mass is 10.1. The van der Waals surface area contributed by atoms with Gasteiger partial charge in [-0.3, -0.25) is 0 Å². The molecule has 13 heteroatoms. The smallest absolute Gasteiger partial charge is 0.416 e. The topological polar surface area (TPSA) is 90.9 Å². The molecule has 0 saturated carbocycles. The first-order chi connectivity index (χ1) is 18.0. The van der Waals surface area contributed by atoms with Gasteiger partial charge in [0.15, 0.2) is 0 Å². The zero-order valence-corrected chi connectivity index (χ0v) is 22.0. The minimum atomic E-state index is -4.53. The van der Waals surface area contributed by atoms with Crippen LogP contribution in [0.15, 0.2) is 71.1 Å². The van der Waals surface area contributed by atoms with Crippen molar-refractivity contribution in [2.75, 3.05) is 18.5 Å². The molecule has 0 radical (unpaired) electrons. The fourth-order valence-electron chi connectivity index (χ4n) is 3.58. The summed E-state index contributed by atoms with van der Waals surface area (Å²) in [4.78, 5) is -0.0762. The van der Waals surface area contributed by atoms with Crippen LogP contribution >= 0.6 is 11.3 Å². The van der Waals surface area contributed by atoms with Gasteiger partial charge in [0, 0.05) is 11.6 Å². The van der Waals surface area contributed by atoms with E-state index in [0.717, 1.165) is 27.8 Å². The largest absolute Gasteiger partial charge is 0.497 e. The van der Waals surface area contributed by atoms with Crippen molar-refractivity contribution in [3.05, 3.63) is 82.9 Å². The number of benzene rings is 3. The Hall–Kier alpha value is -3.84. The molecule has 4 rings (SSSR count). The Labute approximate surface area is 221 Å². The van der Waals surface area contributed by atoms with E-state index in [1.54, 1.807) is 18.2 Å². The molecule has 3 aromatic carbocycles. The van der Waals surface area contributed by atoms with Crippen molar-refractivity contribution < 1.29 is 35.8 Å². The SMILES string of the molecule is COc1ccc(CN(c2nncs2)S(=O)(=O)c2ccc(Oc3cc(C)cc(C(F)(F)F)c3)cc2)c(OC)c1. The highest BCUT2D eigenvalue weighted by Gasteiger charge is 2.31. The number of methoxy groups -OCH3 is 2. The van der Waals surface area contributed by atoms with Gasteiger partial charge in [0.1, 0.15) is 28.5 Å². The summed E-state index contributed by atoms with van der Waals surface area (Å²) in [7, 11) is -1.16. The van der Waals surface area contributed by atoms with E-state index in [-0.39, 0.29) is 28.1 Å². The standard InChI is InChI=1S/C25H22F3N3O5S2/c1-16-10-18(25(26,27)28)12-21(11-16)36-19-6-8-22(9-7-19)38(32,33)31(24-30-29-15-37-24)14-17-4-5-20(34-2)13-23(17)35-3/h4-13,15H,14H2,1-3H3. The molecule has 0 aliphatic rings. The molecule has 0 atom stereocenters. The quantitative estimate of drug-likeness (QED) is 0.243. The van der Waals surface area contributed by atoms with E-state index in [4.69, 9.17) is 14.2 Å². The van der Waals surface area contributed by atoms with Crippen LogP contribution in [0.4, 0.5) is 18.3 Å². The van der Waals surface area contributed by atoms with Gasteiger partial charge in [-0.05, 0) is 67.1 Å². The summed E-state index contributed by atoms with van der Waals surface area (Å²) in [5.74, 6) is 1.12. The number of sulfonamides is 1. The summed E-state index contributed by atoms with van der Waals surface area (Å²) in [5, 5.41) is 7.84. The average Bonchev–Trinajstić information content (AvgIpc) is 3.41. The maximum absolute atomic E-state index is 13.7. The highest BCUT2D eigenvalue weighted by molar-refractivity contribution is 7.93. The average molecular weight is 566 g/mol. The summed E-state index contributed by atoms with van der Waals surface area (Å²) in [6, 6.07) is 13.7. The van der Waals surface area contributed by atoms with Crippen molar-refractivity contribution in [1.29, 1.82) is 0 Å². The zero-order chi connectivity index (χ0) is 27.5. The van der Waals surface area contributed by atoms with Gasteiger partial charge >= 0.3 is 6.18 Å². The van der Waals surface area contributed by atoms with Crippen molar-refractivity contribution >= 4 is 26.5 Å².